The van der Waals surface area contributed by atoms with E-state index >= 15 is 0 Å². The third-order valence-electron chi connectivity index (χ3n) is 2.70. The minimum Gasteiger partial charge on any atom is -0.379 e. The van der Waals surface area contributed by atoms with Gasteiger partial charge in [-0.1, -0.05) is 0 Å². The molecule has 112 valence electrons. The van der Waals surface area contributed by atoms with Gasteiger partial charge in [0.15, 0.2) is 0 Å². The summed E-state index contributed by atoms with van der Waals surface area (Å²) in [5, 5.41) is 6.76. The first-order chi connectivity index (χ1) is 10.1. The van der Waals surface area contributed by atoms with Gasteiger partial charge in [-0.3, -0.25) is 4.79 Å². The van der Waals surface area contributed by atoms with Crippen LogP contribution in [0.1, 0.15) is 26.7 Å². The van der Waals surface area contributed by atoms with E-state index in [1.54, 1.807) is 23.3 Å². The van der Waals surface area contributed by atoms with Crippen LogP contribution in [-0.4, -0.2) is 38.4 Å². The number of hydrogen-bond donors (Lipinski definition) is 1. The highest BCUT2D eigenvalue weighted by atomic mass is 16.5. The number of nitrogens with zero attached hydrogens (tertiary/aromatic N) is 4. The molecule has 0 saturated carbocycles. The normalized spacial score (nSPS) is 10.8. The van der Waals surface area contributed by atoms with Crippen LogP contribution < -0.4 is 5.32 Å². The van der Waals surface area contributed by atoms with Crippen molar-refractivity contribution in [2.45, 2.75) is 32.8 Å². The lowest BCUT2D eigenvalue weighted by atomic mass is 10.3. The smallest absolute Gasteiger partial charge is 0.225 e. The second-order valence-electron chi connectivity index (χ2n) is 4.81. The van der Waals surface area contributed by atoms with Crippen molar-refractivity contribution in [2.24, 2.45) is 0 Å². The average molecular weight is 289 g/mol. The molecule has 0 unspecified atom stereocenters. The Morgan fingerprint density at radius 2 is 2.29 bits per heavy atom. The number of anilines is 1. The van der Waals surface area contributed by atoms with Gasteiger partial charge in [0, 0.05) is 13.0 Å². The highest BCUT2D eigenvalue weighted by molar-refractivity contribution is 5.89. The Morgan fingerprint density at radius 3 is 2.90 bits per heavy atom. The molecule has 0 atom stereocenters. The Labute approximate surface area is 123 Å². The van der Waals surface area contributed by atoms with Crippen molar-refractivity contribution in [1.82, 2.24) is 19.7 Å². The second-order valence-corrected chi connectivity index (χ2v) is 4.81. The van der Waals surface area contributed by atoms with Crippen LogP contribution in [0.5, 0.6) is 0 Å². The number of hydrogen-bond acceptors (Lipinski definition) is 5. The highest BCUT2D eigenvalue weighted by Crippen LogP contribution is 2.09. The summed E-state index contributed by atoms with van der Waals surface area (Å²) >= 11 is 0. The Bertz CT molecular complexity index is 551. The fourth-order valence-electron chi connectivity index (χ4n) is 1.69. The number of carbonyl (C=O) groups excluding carboxylic acids is 1. The molecule has 1 N–H and O–H groups in total. The van der Waals surface area contributed by atoms with Gasteiger partial charge in [-0.25, -0.2) is 14.6 Å². The number of rotatable bonds is 7. The van der Waals surface area contributed by atoms with Gasteiger partial charge in [-0.05, 0) is 32.4 Å². The monoisotopic (exact) mass is 289 g/mol. The third kappa shape index (κ3) is 4.96. The van der Waals surface area contributed by atoms with Crippen molar-refractivity contribution in [1.29, 1.82) is 0 Å². The summed E-state index contributed by atoms with van der Waals surface area (Å²) in [5.74, 6) is 0.456. The van der Waals surface area contributed by atoms with E-state index in [-0.39, 0.29) is 12.0 Å². The Kier molecular flexibility index (Phi) is 5.39. The predicted octanol–water partition coefficient (Wildman–Crippen LogP) is 1.81. The minimum atomic E-state index is -0.0663. The molecule has 0 spiro atoms. The summed E-state index contributed by atoms with van der Waals surface area (Å²) in [4.78, 5) is 19.8. The van der Waals surface area contributed by atoms with Crippen molar-refractivity contribution in [2.75, 3.05) is 11.9 Å². The first-order valence-corrected chi connectivity index (χ1v) is 6.87. The fourth-order valence-corrected chi connectivity index (χ4v) is 1.69. The third-order valence-corrected chi connectivity index (χ3v) is 2.70. The molecule has 0 bridgehead atoms. The lowest BCUT2D eigenvalue weighted by molar-refractivity contribution is -0.116. The molecule has 2 rings (SSSR count). The minimum absolute atomic E-state index is 0.0663. The summed E-state index contributed by atoms with van der Waals surface area (Å²) in [5.41, 5.74) is 0.788. The maximum atomic E-state index is 11.7. The summed E-state index contributed by atoms with van der Waals surface area (Å²) in [6.07, 6.45) is 5.98. The molecule has 21 heavy (non-hydrogen) atoms. The summed E-state index contributed by atoms with van der Waals surface area (Å²) in [6.45, 7) is 4.53. The lowest BCUT2D eigenvalue weighted by Crippen LogP contribution is -2.14. The van der Waals surface area contributed by atoms with E-state index in [9.17, 15) is 4.79 Å². The van der Waals surface area contributed by atoms with Crippen molar-refractivity contribution >= 4 is 11.7 Å². The quantitative estimate of drug-likeness (QED) is 0.786. The molecule has 0 fully saturated rings. The number of nitrogens with one attached hydrogen (secondary N) is 1. The Morgan fingerprint density at radius 1 is 1.43 bits per heavy atom. The molecule has 0 saturated heterocycles. The van der Waals surface area contributed by atoms with E-state index in [2.05, 4.69) is 20.4 Å². The van der Waals surface area contributed by atoms with E-state index in [4.69, 9.17) is 4.74 Å². The lowest BCUT2D eigenvalue weighted by Gasteiger charge is -2.08. The molecule has 0 aliphatic rings. The van der Waals surface area contributed by atoms with Crippen molar-refractivity contribution < 1.29 is 9.53 Å². The maximum absolute atomic E-state index is 11.7. The standard InChI is InChI=1S/C14H19N5O2/c1-11(2)21-7-3-4-14(20)18-13-6-5-12(8-16-13)19-10-15-9-17-19/h5-6,8-11H,3-4,7H2,1-2H3,(H,16,18,20). The number of ether oxygens (including phenoxy) is 1. The summed E-state index contributed by atoms with van der Waals surface area (Å²) in [6, 6.07) is 3.55. The van der Waals surface area contributed by atoms with Crippen LogP contribution >= 0.6 is 0 Å². The second kappa shape index (κ2) is 7.49. The first kappa shape index (κ1) is 15.1. The van der Waals surface area contributed by atoms with Gasteiger partial charge in [-0.15, -0.1) is 0 Å². The van der Waals surface area contributed by atoms with Crippen LogP contribution in [-0.2, 0) is 9.53 Å². The van der Waals surface area contributed by atoms with Gasteiger partial charge < -0.3 is 10.1 Å². The largest absolute Gasteiger partial charge is 0.379 e. The van der Waals surface area contributed by atoms with Gasteiger partial charge >= 0.3 is 0 Å². The van der Waals surface area contributed by atoms with Gasteiger partial charge in [0.2, 0.25) is 5.91 Å². The van der Waals surface area contributed by atoms with Crippen LogP contribution in [0.2, 0.25) is 0 Å². The molecule has 1 amide bonds. The molecule has 0 radical (unpaired) electrons. The molecular weight excluding hydrogens is 270 g/mol. The Balaban J connectivity index is 1.79. The predicted molar refractivity (Wildman–Crippen MR) is 78.1 cm³/mol. The van der Waals surface area contributed by atoms with Crippen LogP contribution in [0.4, 0.5) is 5.82 Å². The van der Waals surface area contributed by atoms with Crippen LogP contribution in [0.15, 0.2) is 31.0 Å². The molecule has 0 aliphatic carbocycles. The molecule has 2 aromatic rings. The number of pyridine rings is 1. The van der Waals surface area contributed by atoms with Gasteiger partial charge in [0.1, 0.15) is 18.5 Å². The maximum Gasteiger partial charge on any atom is 0.225 e. The molecule has 0 aliphatic heterocycles. The first-order valence-electron chi connectivity index (χ1n) is 6.87. The topological polar surface area (TPSA) is 81.9 Å². The SMILES string of the molecule is CC(C)OCCCC(=O)Nc1ccc(-n2cncn2)cn1. The van der Waals surface area contributed by atoms with E-state index in [0.29, 0.717) is 25.3 Å². The summed E-state index contributed by atoms with van der Waals surface area (Å²) in [7, 11) is 0. The van der Waals surface area contributed by atoms with E-state index < -0.39 is 0 Å². The molecule has 0 aromatic carbocycles. The van der Waals surface area contributed by atoms with Crippen molar-refractivity contribution in [3.8, 4) is 5.69 Å². The van der Waals surface area contributed by atoms with E-state index in [1.807, 2.05) is 19.9 Å². The van der Waals surface area contributed by atoms with E-state index in [0.717, 1.165) is 5.69 Å². The Hall–Kier alpha value is -2.28. The van der Waals surface area contributed by atoms with Gasteiger partial charge in [0.05, 0.1) is 18.0 Å². The van der Waals surface area contributed by atoms with Crippen LogP contribution in [0.25, 0.3) is 5.69 Å². The van der Waals surface area contributed by atoms with Crippen molar-refractivity contribution in [3.05, 3.63) is 31.0 Å². The number of amides is 1. The zero-order valence-corrected chi connectivity index (χ0v) is 12.2. The zero-order chi connectivity index (χ0) is 15.1. The highest BCUT2D eigenvalue weighted by Gasteiger charge is 2.04. The molecule has 7 nitrogen and oxygen atoms in total. The summed E-state index contributed by atoms with van der Waals surface area (Å²) < 4.78 is 6.99. The molecule has 2 aromatic heterocycles. The van der Waals surface area contributed by atoms with Gasteiger partial charge in [0.25, 0.3) is 0 Å². The molecule has 7 heteroatoms. The van der Waals surface area contributed by atoms with Crippen molar-refractivity contribution in [3.63, 3.8) is 0 Å². The number of aromatic nitrogens is 4. The zero-order valence-electron chi connectivity index (χ0n) is 12.2. The van der Waals surface area contributed by atoms with Crippen LogP contribution in [0.3, 0.4) is 0 Å². The van der Waals surface area contributed by atoms with E-state index in [1.165, 1.54) is 6.33 Å². The fraction of sp³-hybridized carbons (Fsp3) is 0.429. The molecule has 2 heterocycles. The van der Waals surface area contributed by atoms with Gasteiger partial charge in [-0.2, -0.15) is 5.10 Å². The average Bonchev–Trinajstić information content (AvgIpc) is 2.98. The number of carbonyl (C=O) groups is 1. The molecular formula is C14H19N5O2. The van der Waals surface area contributed by atoms with Crippen LogP contribution in [0, 0.1) is 0 Å².